The summed E-state index contributed by atoms with van der Waals surface area (Å²) >= 11 is 6.09. The number of alkyl halides is 2. The molecule has 9 heteroatoms. The van der Waals surface area contributed by atoms with E-state index in [1.165, 1.54) is 18.2 Å². The Morgan fingerprint density at radius 3 is 2.64 bits per heavy atom. The van der Waals surface area contributed by atoms with Crippen LogP contribution in [-0.2, 0) is 19.0 Å². The smallest absolute Gasteiger partial charge is 0.271 e. The number of carbonyl (C=O) groups is 1. The lowest BCUT2D eigenvalue weighted by atomic mass is 10.0. The first-order valence-electron chi connectivity index (χ1n) is 7.75. The molecule has 0 atom stereocenters. The molecule has 0 radical (unpaired) electrons. The monoisotopic (exact) mass is 369 g/mol. The van der Waals surface area contributed by atoms with Crippen molar-refractivity contribution >= 4 is 23.5 Å². The van der Waals surface area contributed by atoms with Crippen LogP contribution in [0.5, 0.6) is 0 Å². The Kier molecular flexibility index (Phi) is 4.40. The second kappa shape index (κ2) is 6.25. The van der Waals surface area contributed by atoms with Crippen LogP contribution in [-0.4, -0.2) is 46.2 Å². The molecule has 0 fully saturated rings. The molecule has 0 N–H and O–H groups in total. The van der Waals surface area contributed by atoms with Crippen molar-refractivity contribution < 1.29 is 13.6 Å². The third-order valence-electron chi connectivity index (χ3n) is 4.12. The van der Waals surface area contributed by atoms with Crippen molar-refractivity contribution in [3.05, 3.63) is 40.2 Å². The van der Waals surface area contributed by atoms with Crippen molar-refractivity contribution in [3.8, 4) is 0 Å². The Morgan fingerprint density at radius 2 is 2.00 bits per heavy atom. The Balaban J connectivity index is 1.88. The van der Waals surface area contributed by atoms with Crippen LogP contribution < -0.4 is 4.90 Å². The van der Waals surface area contributed by atoms with Crippen LogP contribution in [0.3, 0.4) is 0 Å². The molecule has 1 aliphatic heterocycles. The number of amides is 1. The van der Waals surface area contributed by atoms with Gasteiger partial charge in [0.05, 0.1) is 17.1 Å². The molecular weight excluding hydrogens is 352 g/mol. The highest BCUT2D eigenvalue weighted by Crippen LogP contribution is 2.35. The number of rotatable bonds is 3. The molecule has 1 aliphatic rings. The van der Waals surface area contributed by atoms with Gasteiger partial charge in [-0.25, -0.2) is 8.78 Å². The van der Waals surface area contributed by atoms with E-state index in [0.717, 1.165) is 6.92 Å². The first kappa shape index (κ1) is 17.6. The van der Waals surface area contributed by atoms with Crippen LogP contribution >= 0.6 is 11.6 Å². The van der Waals surface area contributed by atoms with E-state index in [0.29, 0.717) is 24.9 Å². The minimum Gasteiger partial charge on any atom is -0.347 e. The average Bonchev–Trinajstić information content (AvgIpc) is 2.96. The maximum absolute atomic E-state index is 13.6. The minimum absolute atomic E-state index is 0.0708. The van der Waals surface area contributed by atoms with Crippen molar-refractivity contribution in [2.24, 2.45) is 0 Å². The third-order valence-corrected chi connectivity index (χ3v) is 4.53. The summed E-state index contributed by atoms with van der Waals surface area (Å²) in [4.78, 5) is 16.2. The average molecular weight is 370 g/mol. The highest BCUT2D eigenvalue weighted by molar-refractivity contribution is 6.34. The van der Waals surface area contributed by atoms with Crippen LogP contribution in [0.1, 0.15) is 28.7 Å². The Bertz CT molecular complexity index is 815. The van der Waals surface area contributed by atoms with Gasteiger partial charge in [0.15, 0.2) is 5.82 Å². The maximum Gasteiger partial charge on any atom is 0.271 e. The molecule has 0 saturated heterocycles. The van der Waals surface area contributed by atoms with Crippen molar-refractivity contribution in [2.75, 3.05) is 25.5 Å². The highest BCUT2D eigenvalue weighted by atomic mass is 35.5. The summed E-state index contributed by atoms with van der Waals surface area (Å²) in [6, 6.07) is 4.11. The van der Waals surface area contributed by atoms with Crippen LogP contribution in [0.2, 0.25) is 5.02 Å². The van der Waals surface area contributed by atoms with E-state index < -0.39 is 11.8 Å². The quantitative estimate of drug-likeness (QED) is 0.834. The number of halogens is 3. The molecule has 0 unspecified atom stereocenters. The van der Waals surface area contributed by atoms with E-state index >= 15 is 0 Å². The van der Waals surface area contributed by atoms with Crippen molar-refractivity contribution in [1.82, 2.24) is 19.7 Å². The van der Waals surface area contributed by atoms with Crippen LogP contribution in [0.15, 0.2) is 18.2 Å². The summed E-state index contributed by atoms with van der Waals surface area (Å²) in [5.74, 6) is -2.14. The summed E-state index contributed by atoms with van der Waals surface area (Å²) in [6.45, 7) is 1.97. The SMILES string of the molecule is CN(C)c1nnc2n1CCN(C(=O)c1cccc(C(C)(F)F)c1Cl)C2. The van der Waals surface area contributed by atoms with Crippen molar-refractivity contribution in [1.29, 1.82) is 0 Å². The van der Waals surface area contributed by atoms with Gasteiger partial charge in [-0.15, -0.1) is 10.2 Å². The predicted molar refractivity (Wildman–Crippen MR) is 90.1 cm³/mol. The van der Waals surface area contributed by atoms with Gasteiger partial charge in [-0.1, -0.05) is 23.7 Å². The van der Waals surface area contributed by atoms with Crippen LogP contribution in [0, 0.1) is 0 Å². The number of carbonyl (C=O) groups excluding carboxylic acids is 1. The number of anilines is 1. The Morgan fingerprint density at radius 1 is 1.28 bits per heavy atom. The molecule has 0 aliphatic carbocycles. The number of hydrogen-bond donors (Lipinski definition) is 0. The topological polar surface area (TPSA) is 54.3 Å². The fourth-order valence-corrected chi connectivity index (χ4v) is 3.23. The number of benzene rings is 1. The van der Waals surface area contributed by atoms with Gasteiger partial charge in [-0.05, 0) is 6.07 Å². The molecule has 25 heavy (non-hydrogen) atoms. The summed E-state index contributed by atoms with van der Waals surface area (Å²) in [7, 11) is 3.73. The van der Waals surface area contributed by atoms with E-state index in [9.17, 15) is 13.6 Å². The normalized spacial score (nSPS) is 14.4. The van der Waals surface area contributed by atoms with Gasteiger partial charge in [0.25, 0.3) is 11.8 Å². The lowest BCUT2D eigenvalue weighted by Crippen LogP contribution is -2.39. The van der Waals surface area contributed by atoms with Gasteiger partial charge in [-0.3, -0.25) is 9.36 Å². The standard InChI is InChI=1S/C16H18ClF2N5O/c1-16(18,19)11-6-4-5-10(13(11)17)14(25)23-7-8-24-12(9-23)20-21-15(24)22(2)3/h4-6H,7-9H2,1-3H3. The lowest BCUT2D eigenvalue weighted by molar-refractivity contribution is 0.0175. The minimum atomic E-state index is -3.12. The first-order chi connectivity index (χ1) is 11.7. The van der Waals surface area contributed by atoms with Gasteiger partial charge in [0.2, 0.25) is 5.95 Å². The number of aromatic nitrogens is 3. The molecule has 134 valence electrons. The van der Waals surface area contributed by atoms with E-state index in [-0.39, 0.29) is 22.7 Å². The first-order valence-corrected chi connectivity index (χ1v) is 8.13. The van der Waals surface area contributed by atoms with Gasteiger partial charge in [0, 0.05) is 39.7 Å². The fourth-order valence-electron chi connectivity index (χ4n) is 2.85. The molecule has 0 spiro atoms. The van der Waals surface area contributed by atoms with Crippen LogP contribution in [0.4, 0.5) is 14.7 Å². The maximum atomic E-state index is 13.6. The Labute approximate surface area is 149 Å². The highest BCUT2D eigenvalue weighted by Gasteiger charge is 2.32. The van der Waals surface area contributed by atoms with E-state index in [1.54, 1.807) is 4.90 Å². The zero-order chi connectivity index (χ0) is 18.4. The van der Waals surface area contributed by atoms with Gasteiger partial charge < -0.3 is 9.80 Å². The van der Waals surface area contributed by atoms with Gasteiger partial charge in [0.1, 0.15) is 0 Å². The summed E-state index contributed by atoms with van der Waals surface area (Å²) in [5, 5.41) is 8.00. The summed E-state index contributed by atoms with van der Waals surface area (Å²) < 4.78 is 29.2. The predicted octanol–water partition coefficient (Wildman–Crippen LogP) is 2.77. The third kappa shape index (κ3) is 3.18. The molecular formula is C16H18ClF2N5O. The van der Waals surface area contributed by atoms with Crippen LogP contribution in [0.25, 0.3) is 0 Å². The zero-order valence-electron chi connectivity index (χ0n) is 14.1. The van der Waals surface area contributed by atoms with E-state index in [1.807, 2.05) is 23.6 Å². The molecule has 3 rings (SSSR count). The molecule has 0 bridgehead atoms. The van der Waals surface area contributed by atoms with Crippen molar-refractivity contribution in [2.45, 2.75) is 25.9 Å². The Hall–Kier alpha value is -2.22. The second-order valence-corrected chi connectivity index (χ2v) is 6.62. The summed E-state index contributed by atoms with van der Waals surface area (Å²) in [6.07, 6.45) is 0. The molecule has 0 saturated carbocycles. The molecule has 2 heterocycles. The van der Waals surface area contributed by atoms with E-state index in [4.69, 9.17) is 11.6 Å². The van der Waals surface area contributed by atoms with Gasteiger partial charge in [-0.2, -0.15) is 0 Å². The molecule has 1 aromatic heterocycles. The van der Waals surface area contributed by atoms with E-state index in [2.05, 4.69) is 10.2 Å². The molecule has 6 nitrogen and oxygen atoms in total. The molecule has 1 aromatic carbocycles. The molecule has 1 amide bonds. The number of nitrogens with zero attached hydrogens (tertiary/aromatic N) is 5. The summed E-state index contributed by atoms with van der Waals surface area (Å²) in [5.41, 5.74) is -0.281. The zero-order valence-corrected chi connectivity index (χ0v) is 14.9. The van der Waals surface area contributed by atoms with Crippen molar-refractivity contribution in [3.63, 3.8) is 0 Å². The van der Waals surface area contributed by atoms with Gasteiger partial charge >= 0.3 is 0 Å². The lowest BCUT2D eigenvalue weighted by Gasteiger charge is -2.29. The fraction of sp³-hybridized carbons (Fsp3) is 0.438. The second-order valence-electron chi connectivity index (χ2n) is 6.24. The molecule has 2 aromatic rings. The number of hydrogen-bond acceptors (Lipinski definition) is 4. The largest absolute Gasteiger partial charge is 0.347 e. The number of fused-ring (bicyclic) bond motifs is 1.